The van der Waals surface area contributed by atoms with Gasteiger partial charge in [-0.3, -0.25) is 4.57 Å². The summed E-state index contributed by atoms with van der Waals surface area (Å²) in [6.45, 7) is 0.736. The molecule has 6 heteroatoms. The number of nitrogens with one attached hydrogen (secondary N) is 1. The zero-order chi connectivity index (χ0) is 11.8. The second-order valence-corrected chi connectivity index (χ2v) is 3.87. The molecule has 3 aromatic heterocycles. The van der Waals surface area contributed by atoms with E-state index >= 15 is 0 Å². The molecular formula is C11H13N5O. The van der Waals surface area contributed by atoms with E-state index in [9.17, 15) is 0 Å². The summed E-state index contributed by atoms with van der Waals surface area (Å²) in [6, 6.07) is 3.73. The molecule has 88 valence electrons. The van der Waals surface area contributed by atoms with Crippen LogP contribution >= 0.6 is 0 Å². The first-order chi connectivity index (χ1) is 8.29. The van der Waals surface area contributed by atoms with Crippen molar-refractivity contribution in [2.45, 2.75) is 6.54 Å². The lowest BCUT2D eigenvalue weighted by Crippen LogP contribution is -2.05. The highest BCUT2D eigenvalue weighted by atomic mass is 16.3. The molecule has 0 amide bonds. The van der Waals surface area contributed by atoms with Crippen molar-refractivity contribution in [1.82, 2.24) is 24.5 Å². The summed E-state index contributed by atoms with van der Waals surface area (Å²) in [5, 5.41) is 7.52. The van der Waals surface area contributed by atoms with E-state index in [-0.39, 0.29) is 0 Å². The van der Waals surface area contributed by atoms with Crippen molar-refractivity contribution in [3.05, 3.63) is 30.3 Å². The van der Waals surface area contributed by atoms with Gasteiger partial charge in [0.15, 0.2) is 11.6 Å². The Morgan fingerprint density at radius 1 is 1.47 bits per heavy atom. The normalized spacial score (nSPS) is 11.4. The average molecular weight is 231 g/mol. The fraction of sp³-hybridized carbons (Fsp3) is 0.273. The monoisotopic (exact) mass is 231 g/mol. The van der Waals surface area contributed by atoms with E-state index in [0.717, 1.165) is 29.6 Å². The standard InChI is InChI=1S/C11H13N5O/c1-12-6-8-7-16-11(13-8)15(2)10(14-16)9-4-3-5-17-9/h3-5,7,12H,6H2,1-2H3. The number of rotatable bonds is 3. The van der Waals surface area contributed by atoms with E-state index in [1.54, 1.807) is 10.8 Å². The molecule has 0 saturated carbocycles. The van der Waals surface area contributed by atoms with Crippen LogP contribution in [0.4, 0.5) is 0 Å². The molecule has 0 saturated heterocycles. The van der Waals surface area contributed by atoms with Crippen molar-refractivity contribution < 1.29 is 4.42 Å². The Bertz CT molecular complexity index is 634. The molecule has 3 aromatic rings. The molecule has 0 spiro atoms. The van der Waals surface area contributed by atoms with E-state index in [2.05, 4.69) is 15.4 Å². The van der Waals surface area contributed by atoms with Gasteiger partial charge in [-0.05, 0) is 19.2 Å². The Labute approximate surface area is 97.9 Å². The molecular weight excluding hydrogens is 218 g/mol. The quantitative estimate of drug-likeness (QED) is 0.732. The molecule has 1 N–H and O–H groups in total. The van der Waals surface area contributed by atoms with Gasteiger partial charge in [-0.25, -0.2) is 9.50 Å². The molecule has 3 heterocycles. The topological polar surface area (TPSA) is 60.3 Å². The van der Waals surface area contributed by atoms with Gasteiger partial charge in [0, 0.05) is 13.6 Å². The molecule has 0 aromatic carbocycles. The molecule has 0 aliphatic carbocycles. The van der Waals surface area contributed by atoms with Crippen LogP contribution in [0.1, 0.15) is 5.69 Å². The third-order valence-electron chi connectivity index (χ3n) is 2.64. The number of imidazole rings is 1. The second-order valence-electron chi connectivity index (χ2n) is 3.87. The van der Waals surface area contributed by atoms with Gasteiger partial charge in [0.1, 0.15) is 0 Å². The minimum Gasteiger partial charge on any atom is -0.461 e. The fourth-order valence-electron chi connectivity index (χ4n) is 1.86. The van der Waals surface area contributed by atoms with Crippen molar-refractivity contribution in [2.24, 2.45) is 7.05 Å². The van der Waals surface area contributed by atoms with Gasteiger partial charge in [0.2, 0.25) is 5.78 Å². The molecule has 0 aliphatic rings. The number of aromatic nitrogens is 4. The number of hydrogen-bond donors (Lipinski definition) is 1. The van der Waals surface area contributed by atoms with E-state index in [1.165, 1.54) is 0 Å². The summed E-state index contributed by atoms with van der Waals surface area (Å²) in [5.74, 6) is 2.32. The first-order valence-corrected chi connectivity index (χ1v) is 5.39. The molecule has 3 rings (SSSR count). The summed E-state index contributed by atoms with van der Waals surface area (Å²) in [7, 11) is 3.82. The first kappa shape index (κ1) is 10.1. The van der Waals surface area contributed by atoms with Crippen LogP contribution in [0.2, 0.25) is 0 Å². The smallest absolute Gasteiger partial charge is 0.232 e. The van der Waals surface area contributed by atoms with Crippen molar-refractivity contribution in [3.8, 4) is 11.6 Å². The molecule has 0 unspecified atom stereocenters. The molecule has 0 bridgehead atoms. The van der Waals surface area contributed by atoms with Crippen molar-refractivity contribution in [2.75, 3.05) is 7.05 Å². The highest BCUT2D eigenvalue weighted by Crippen LogP contribution is 2.19. The van der Waals surface area contributed by atoms with Crippen LogP contribution in [0, 0.1) is 0 Å². The zero-order valence-corrected chi connectivity index (χ0v) is 9.71. The highest BCUT2D eigenvalue weighted by molar-refractivity contribution is 5.51. The molecule has 6 nitrogen and oxygen atoms in total. The third kappa shape index (κ3) is 1.53. The molecule has 0 aliphatic heterocycles. The lowest BCUT2D eigenvalue weighted by atomic mass is 10.4. The maximum atomic E-state index is 5.34. The summed E-state index contributed by atoms with van der Waals surface area (Å²) in [4.78, 5) is 4.49. The second kappa shape index (κ2) is 3.74. The molecule has 0 fully saturated rings. The van der Waals surface area contributed by atoms with Crippen LogP contribution < -0.4 is 5.32 Å². The number of nitrogens with zero attached hydrogens (tertiary/aromatic N) is 4. The summed E-state index contributed by atoms with van der Waals surface area (Å²) >= 11 is 0. The van der Waals surface area contributed by atoms with Gasteiger partial charge < -0.3 is 9.73 Å². The Kier molecular flexibility index (Phi) is 2.22. The predicted octanol–water partition coefficient (Wildman–Crippen LogP) is 1.05. The summed E-state index contributed by atoms with van der Waals surface area (Å²) in [6.07, 6.45) is 3.55. The number of aryl methyl sites for hydroxylation is 1. The predicted molar refractivity (Wildman–Crippen MR) is 62.4 cm³/mol. The minimum absolute atomic E-state index is 0.736. The van der Waals surface area contributed by atoms with Crippen molar-refractivity contribution in [1.29, 1.82) is 0 Å². The van der Waals surface area contributed by atoms with Crippen LogP contribution in [0.5, 0.6) is 0 Å². The van der Waals surface area contributed by atoms with E-state index in [1.807, 2.05) is 37.0 Å². The van der Waals surface area contributed by atoms with Crippen LogP contribution in [0.25, 0.3) is 17.4 Å². The van der Waals surface area contributed by atoms with Gasteiger partial charge in [-0.2, -0.15) is 0 Å². The Morgan fingerprint density at radius 2 is 2.35 bits per heavy atom. The van der Waals surface area contributed by atoms with Gasteiger partial charge in [-0.15, -0.1) is 5.10 Å². The van der Waals surface area contributed by atoms with E-state index < -0.39 is 0 Å². The average Bonchev–Trinajstić information content (AvgIpc) is 2.97. The van der Waals surface area contributed by atoms with E-state index in [0.29, 0.717) is 0 Å². The largest absolute Gasteiger partial charge is 0.461 e. The third-order valence-corrected chi connectivity index (χ3v) is 2.64. The van der Waals surface area contributed by atoms with Crippen LogP contribution in [-0.2, 0) is 13.6 Å². The number of hydrogen-bond acceptors (Lipinski definition) is 4. The van der Waals surface area contributed by atoms with Gasteiger partial charge in [-0.1, -0.05) is 0 Å². The molecule has 0 radical (unpaired) electrons. The van der Waals surface area contributed by atoms with Gasteiger partial charge in [0.25, 0.3) is 0 Å². The van der Waals surface area contributed by atoms with Crippen LogP contribution in [0.3, 0.4) is 0 Å². The number of fused-ring (bicyclic) bond motifs is 1. The van der Waals surface area contributed by atoms with Gasteiger partial charge in [0.05, 0.1) is 18.2 Å². The zero-order valence-electron chi connectivity index (χ0n) is 9.71. The van der Waals surface area contributed by atoms with Crippen LogP contribution in [-0.4, -0.2) is 26.2 Å². The van der Waals surface area contributed by atoms with Crippen molar-refractivity contribution >= 4 is 5.78 Å². The minimum atomic E-state index is 0.736. The summed E-state index contributed by atoms with van der Waals surface area (Å²) in [5.41, 5.74) is 0.969. The lowest BCUT2D eigenvalue weighted by molar-refractivity contribution is 0.573. The first-order valence-electron chi connectivity index (χ1n) is 5.39. The lowest BCUT2D eigenvalue weighted by Gasteiger charge is -1.96. The Hall–Kier alpha value is -2.08. The molecule has 0 atom stereocenters. The maximum Gasteiger partial charge on any atom is 0.232 e. The highest BCUT2D eigenvalue weighted by Gasteiger charge is 2.14. The van der Waals surface area contributed by atoms with Crippen LogP contribution in [0.15, 0.2) is 29.0 Å². The number of furan rings is 1. The molecule has 17 heavy (non-hydrogen) atoms. The Balaban J connectivity index is 2.11. The maximum absolute atomic E-state index is 5.34. The van der Waals surface area contributed by atoms with E-state index in [4.69, 9.17) is 4.42 Å². The SMILES string of the molecule is CNCc1cn2nc(-c3ccco3)n(C)c2n1. The Morgan fingerprint density at radius 3 is 3.00 bits per heavy atom. The van der Waals surface area contributed by atoms with Gasteiger partial charge >= 0.3 is 0 Å². The van der Waals surface area contributed by atoms with Crippen molar-refractivity contribution in [3.63, 3.8) is 0 Å². The summed E-state index contributed by atoms with van der Waals surface area (Å²) < 4.78 is 9.02. The fourth-order valence-corrected chi connectivity index (χ4v) is 1.86.